The molecule has 1 amide bonds. The molecule has 0 fully saturated rings. The van der Waals surface area contributed by atoms with Crippen molar-refractivity contribution in [1.82, 2.24) is 0 Å². The minimum Gasteiger partial charge on any atom is -0.323 e. The SMILES string of the molecule is CC(C)(C)[C@H](N)C(=O)Nc1c(Cl)cccc1C(F)(F)F. The smallest absolute Gasteiger partial charge is 0.323 e. The highest BCUT2D eigenvalue weighted by atomic mass is 35.5. The molecular formula is C13H16ClF3N2O. The number of hydrogen-bond donors (Lipinski definition) is 2. The van der Waals surface area contributed by atoms with Gasteiger partial charge in [-0.2, -0.15) is 13.2 Å². The first kappa shape index (κ1) is 16.8. The fourth-order valence-corrected chi connectivity index (χ4v) is 1.70. The summed E-state index contributed by atoms with van der Waals surface area (Å²) in [5.41, 5.74) is 3.67. The summed E-state index contributed by atoms with van der Waals surface area (Å²) in [6.07, 6.45) is -4.61. The van der Waals surface area contributed by atoms with Gasteiger partial charge in [0.15, 0.2) is 0 Å². The van der Waals surface area contributed by atoms with Crippen molar-refractivity contribution in [1.29, 1.82) is 0 Å². The highest BCUT2D eigenvalue weighted by Crippen LogP contribution is 2.38. The number of nitrogens with two attached hydrogens (primary N) is 1. The van der Waals surface area contributed by atoms with Gasteiger partial charge in [-0.05, 0) is 17.5 Å². The van der Waals surface area contributed by atoms with E-state index in [1.54, 1.807) is 20.8 Å². The third-order valence-corrected chi connectivity index (χ3v) is 3.10. The Bertz CT molecular complexity index is 509. The van der Waals surface area contributed by atoms with Gasteiger partial charge in [0.25, 0.3) is 0 Å². The van der Waals surface area contributed by atoms with Crippen LogP contribution in [0.1, 0.15) is 26.3 Å². The Morgan fingerprint density at radius 1 is 1.30 bits per heavy atom. The van der Waals surface area contributed by atoms with E-state index in [1.165, 1.54) is 12.1 Å². The van der Waals surface area contributed by atoms with Crippen molar-refractivity contribution in [3.8, 4) is 0 Å². The van der Waals surface area contributed by atoms with E-state index in [1.807, 2.05) is 0 Å². The van der Waals surface area contributed by atoms with E-state index >= 15 is 0 Å². The lowest BCUT2D eigenvalue weighted by molar-refractivity contribution is -0.137. The van der Waals surface area contributed by atoms with Gasteiger partial charge >= 0.3 is 6.18 Å². The van der Waals surface area contributed by atoms with Crippen LogP contribution in [-0.4, -0.2) is 11.9 Å². The average Bonchev–Trinajstić information content (AvgIpc) is 2.27. The van der Waals surface area contributed by atoms with Gasteiger partial charge in [-0.15, -0.1) is 0 Å². The van der Waals surface area contributed by atoms with Gasteiger partial charge in [-0.3, -0.25) is 4.79 Å². The maximum Gasteiger partial charge on any atom is 0.418 e. The molecule has 0 aliphatic rings. The Kier molecular flexibility index (Phi) is 4.71. The van der Waals surface area contributed by atoms with E-state index in [9.17, 15) is 18.0 Å². The normalized spacial score (nSPS) is 14.0. The van der Waals surface area contributed by atoms with Crippen LogP contribution < -0.4 is 11.1 Å². The molecule has 1 atom stereocenters. The Hall–Kier alpha value is -1.27. The molecule has 1 aromatic rings. The molecule has 0 heterocycles. The van der Waals surface area contributed by atoms with E-state index in [0.29, 0.717) is 0 Å². The molecule has 3 N–H and O–H groups in total. The lowest BCUT2D eigenvalue weighted by Crippen LogP contribution is -2.45. The third-order valence-electron chi connectivity index (χ3n) is 2.78. The van der Waals surface area contributed by atoms with Crippen LogP contribution in [0.25, 0.3) is 0 Å². The van der Waals surface area contributed by atoms with Crippen molar-refractivity contribution < 1.29 is 18.0 Å². The first-order valence-electron chi connectivity index (χ1n) is 5.86. The molecule has 7 heteroatoms. The van der Waals surface area contributed by atoms with Crippen LogP contribution in [0.4, 0.5) is 18.9 Å². The molecule has 0 spiro atoms. The summed E-state index contributed by atoms with van der Waals surface area (Å²) in [6, 6.07) is 2.34. The Morgan fingerprint density at radius 2 is 1.85 bits per heavy atom. The summed E-state index contributed by atoms with van der Waals surface area (Å²) < 4.78 is 38.6. The largest absolute Gasteiger partial charge is 0.418 e. The number of benzene rings is 1. The number of nitrogens with one attached hydrogen (secondary N) is 1. The molecule has 0 radical (unpaired) electrons. The minimum atomic E-state index is -4.61. The summed E-state index contributed by atoms with van der Waals surface area (Å²) >= 11 is 5.74. The maximum atomic E-state index is 12.9. The molecule has 3 nitrogen and oxygen atoms in total. The molecule has 1 aromatic carbocycles. The minimum absolute atomic E-state index is 0.186. The van der Waals surface area contributed by atoms with Crippen molar-refractivity contribution in [2.75, 3.05) is 5.32 Å². The number of carbonyl (C=O) groups is 1. The van der Waals surface area contributed by atoms with Gasteiger partial charge in [-0.1, -0.05) is 38.4 Å². The molecule has 0 saturated heterocycles. The van der Waals surface area contributed by atoms with Gasteiger partial charge in [-0.25, -0.2) is 0 Å². The first-order chi connectivity index (χ1) is 8.94. The summed E-state index contributed by atoms with van der Waals surface area (Å²) in [6.45, 7) is 5.15. The molecule has 0 aliphatic heterocycles. The van der Waals surface area contributed by atoms with E-state index in [-0.39, 0.29) is 5.02 Å². The fraction of sp³-hybridized carbons (Fsp3) is 0.462. The van der Waals surface area contributed by atoms with E-state index in [4.69, 9.17) is 17.3 Å². The quantitative estimate of drug-likeness (QED) is 0.876. The number of rotatable bonds is 2. The molecule has 0 aliphatic carbocycles. The second kappa shape index (κ2) is 5.61. The zero-order valence-electron chi connectivity index (χ0n) is 11.3. The second-order valence-electron chi connectivity index (χ2n) is 5.49. The predicted octanol–water partition coefficient (Wildman–Crippen LogP) is 3.67. The number of anilines is 1. The van der Waals surface area contributed by atoms with Gasteiger partial charge in [0.05, 0.1) is 22.3 Å². The Labute approximate surface area is 120 Å². The predicted molar refractivity (Wildman–Crippen MR) is 72.5 cm³/mol. The van der Waals surface area contributed by atoms with Gasteiger partial charge in [0.1, 0.15) is 0 Å². The van der Waals surface area contributed by atoms with Crippen LogP contribution in [0, 0.1) is 5.41 Å². The van der Waals surface area contributed by atoms with Gasteiger partial charge in [0.2, 0.25) is 5.91 Å². The molecular weight excluding hydrogens is 293 g/mol. The number of halogens is 4. The zero-order chi connectivity index (χ0) is 15.7. The van der Waals surface area contributed by atoms with Crippen molar-refractivity contribution in [2.24, 2.45) is 11.1 Å². The average molecular weight is 309 g/mol. The first-order valence-corrected chi connectivity index (χ1v) is 6.24. The van der Waals surface area contributed by atoms with Gasteiger partial charge < -0.3 is 11.1 Å². The van der Waals surface area contributed by atoms with Crippen LogP contribution in [0.3, 0.4) is 0 Å². The monoisotopic (exact) mass is 308 g/mol. The standard InChI is InChI=1S/C13H16ClF3N2O/c1-12(2,3)10(18)11(20)19-9-7(13(15,16)17)5-4-6-8(9)14/h4-6,10H,18H2,1-3H3,(H,19,20)/t10-/m1/s1. The second-order valence-corrected chi connectivity index (χ2v) is 5.90. The van der Waals surface area contributed by atoms with Crippen molar-refractivity contribution in [2.45, 2.75) is 33.0 Å². The molecule has 0 aromatic heterocycles. The summed E-state index contributed by atoms with van der Waals surface area (Å²) in [5.74, 6) is -0.712. The van der Waals surface area contributed by atoms with E-state index in [2.05, 4.69) is 5.32 Å². The van der Waals surface area contributed by atoms with Gasteiger partial charge in [0, 0.05) is 0 Å². The lowest BCUT2D eigenvalue weighted by Gasteiger charge is -2.26. The van der Waals surface area contributed by atoms with Crippen LogP contribution in [-0.2, 0) is 11.0 Å². The molecule has 0 bridgehead atoms. The van der Waals surface area contributed by atoms with Crippen molar-refractivity contribution >= 4 is 23.2 Å². The third kappa shape index (κ3) is 3.86. The van der Waals surface area contributed by atoms with E-state index < -0.39 is 34.8 Å². The molecule has 1 rings (SSSR count). The molecule has 0 saturated carbocycles. The molecule has 0 unspecified atom stereocenters. The summed E-state index contributed by atoms with van der Waals surface area (Å²) in [5, 5.41) is 1.99. The highest BCUT2D eigenvalue weighted by Gasteiger charge is 2.36. The van der Waals surface area contributed by atoms with Crippen LogP contribution in [0.5, 0.6) is 0 Å². The lowest BCUT2D eigenvalue weighted by atomic mass is 9.87. The number of alkyl halides is 3. The Morgan fingerprint density at radius 3 is 2.30 bits per heavy atom. The summed E-state index contributed by atoms with van der Waals surface area (Å²) in [7, 11) is 0. The number of amides is 1. The number of para-hydroxylation sites is 1. The highest BCUT2D eigenvalue weighted by molar-refractivity contribution is 6.34. The van der Waals surface area contributed by atoms with Crippen LogP contribution >= 0.6 is 11.6 Å². The fourth-order valence-electron chi connectivity index (χ4n) is 1.48. The maximum absolute atomic E-state index is 12.9. The Balaban J connectivity index is 3.13. The van der Waals surface area contributed by atoms with Crippen LogP contribution in [0.15, 0.2) is 18.2 Å². The van der Waals surface area contributed by atoms with Crippen LogP contribution in [0.2, 0.25) is 5.02 Å². The van der Waals surface area contributed by atoms with Crippen molar-refractivity contribution in [3.05, 3.63) is 28.8 Å². The molecule has 112 valence electrons. The number of carbonyl (C=O) groups excluding carboxylic acids is 1. The van der Waals surface area contributed by atoms with E-state index in [0.717, 1.165) is 6.07 Å². The van der Waals surface area contributed by atoms with Crippen molar-refractivity contribution in [3.63, 3.8) is 0 Å². The zero-order valence-corrected chi connectivity index (χ0v) is 12.1. The number of hydrogen-bond acceptors (Lipinski definition) is 2. The molecule has 20 heavy (non-hydrogen) atoms. The summed E-state index contributed by atoms with van der Waals surface area (Å²) in [4.78, 5) is 11.9. The topological polar surface area (TPSA) is 55.1 Å².